The van der Waals surface area contributed by atoms with E-state index in [1.54, 1.807) is 6.07 Å². The molecule has 1 amide bonds. The molecule has 2 heterocycles. The molecule has 0 saturated heterocycles. The molecular formula is C33H46N2O5S. The van der Waals surface area contributed by atoms with E-state index in [9.17, 15) is 19.2 Å². The number of amides is 1. The number of ether oxygens (including phenoxy) is 1. The van der Waals surface area contributed by atoms with Crippen LogP contribution in [0, 0.1) is 29.6 Å². The van der Waals surface area contributed by atoms with E-state index in [2.05, 4.69) is 54.7 Å². The quantitative estimate of drug-likeness (QED) is 0.437. The third-order valence-corrected chi connectivity index (χ3v) is 11.1. The van der Waals surface area contributed by atoms with Crippen molar-refractivity contribution in [2.75, 3.05) is 30.3 Å². The van der Waals surface area contributed by atoms with Crippen LogP contribution in [-0.2, 0) is 17.4 Å². The summed E-state index contributed by atoms with van der Waals surface area (Å²) in [5.41, 5.74) is 4.00. The Morgan fingerprint density at radius 1 is 1.05 bits per heavy atom. The first kappa shape index (κ1) is 30.1. The number of nitrogens with one attached hydrogen (secondary N) is 1. The van der Waals surface area contributed by atoms with Crippen LogP contribution in [0.5, 0.6) is 5.75 Å². The van der Waals surface area contributed by atoms with Gasteiger partial charge in [-0.2, -0.15) is 0 Å². The normalized spacial score (nSPS) is 30.9. The van der Waals surface area contributed by atoms with Gasteiger partial charge in [-0.05, 0) is 85.1 Å². The average molecular weight is 583 g/mol. The maximum absolute atomic E-state index is 13.2. The van der Waals surface area contributed by atoms with Gasteiger partial charge in [-0.25, -0.2) is 4.21 Å². The topological polar surface area (TPSA) is 99.1 Å². The van der Waals surface area contributed by atoms with Crippen LogP contribution in [0.4, 0.5) is 5.69 Å². The van der Waals surface area contributed by atoms with Crippen LogP contribution in [-0.4, -0.2) is 52.1 Å². The molecular weight excluding hydrogens is 536 g/mol. The number of hydrogen-bond acceptors (Lipinski definition) is 6. The van der Waals surface area contributed by atoms with E-state index in [0.29, 0.717) is 23.8 Å². The van der Waals surface area contributed by atoms with Crippen molar-refractivity contribution in [2.24, 2.45) is 29.6 Å². The van der Waals surface area contributed by atoms with Gasteiger partial charge in [0.15, 0.2) is 6.29 Å². The minimum atomic E-state index is -1.51. The van der Waals surface area contributed by atoms with Gasteiger partial charge in [0.1, 0.15) is 16.7 Å². The highest BCUT2D eigenvalue weighted by Gasteiger charge is 2.41. The molecule has 7 atom stereocenters. The number of anilines is 1. The molecule has 3 aliphatic rings. The number of aliphatic hydroxyl groups is 2. The zero-order chi connectivity index (χ0) is 29.1. The lowest BCUT2D eigenvalue weighted by atomic mass is 9.65. The molecule has 2 aromatic carbocycles. The summed E-state index contributed by atoms with van der Waals surface area (Å²) in [5, 5.41) is 20.9. The zero-order valence-electron chi connectivity index (χ0n) is 24.6. The molecule has 1 aliphatic carbocycles. The number of hydrogen-bond donors (Lipinski definition) is 3. The number of rotatable bonds is 4. The molecule has 2 bridgehead atoms. The SMILES string of the molecule is CCCc1ccccc1C1COc2ccc3cc2N(C1)CC1CCC1C(C(O)O)CCC(C)[C@@H](C)CS(=O)NC3=O. The molecule has 8 heteroatoms. The van der Waals surface area contributed by atoms with E-state index in [1.807, 2.05) is 12.1 Å². The lowest BCUT2D eigenvalue weighted by Crippen LogP contribution is -2.45. The highest BCUT2D eigenvalue weighted by molar-refractivity contribution is 7.83. The number of fused-ring (bicyclic) bond motifs is 2. The summed E-state index contributed by atoms with van der Waals surface area (Å²) in [4.78, 5) is 15.6. The minimum Gasteiger partial charge on any atom is -0.491 e. The van der Waals surface area contributed by atoms with Gasteiger partial charge in [0.2, 0.25) is 0 Å². The van der Waals surface area contributed by atoms with Gasteiger partial charge < -0.3 is 19.8 Å². The first-order valence-electron chi connectivity index (χ1n) is 15.4. The molecule has 6 unspecified atom stereocenters. The zero-order valence-corrected chi connectivity index (χ0v) is 25.4. The van der Waals surface area contributed by atoms with Crippen LogP contribution in [0.1, 0.15) is 80.3 Å². The number of aliphatic hydroxyl groups excluding tert-OH is 1. The molecule has 5 rings (SSSR count). The highest BCUT2D eigenvalue weighted by atomic mass is 32.2. The molecule has 224 valence electrons. The van der Waals surface area contributed by atoms with Crippen LogP contribution in [0.25, 0.3) is 0 Å². The molecule has 0 aromatic heterocycles. The Morgan fingerprint density at radius 3 is 2.59 bits per heavy atom. The van der Waals surface area contributed by atoms with Gasteiger partial charge in [-0.15, -0.1) is 0 Å². The Bertz CT molecular complexity index is 1240. The fourth-order valence-electron chi connectivity index (χ4n) is 7.03. The average Bonchev–Trinajstić information content (AvgIpc) is 3.11. The largest absolute Gasteiger partial charge is 0.491 e. The Balaban J connectivity index is 1.52. The second-order valence-electron chi connectivity index (χ2n) is 12.6. The van der Waals surface area contributed by atoms with E-state index >= 15 is 0 Å². The monoisotopic (exact) mass is 582 g/mol. The second kappa shape index (κ2) is 13.3. The third kappa shape index (κ3) is 6.81. The first-order chi connectivity index (χ1) is 19.7. The van der Waals surface area contributed by atoms with Crippen molar-refractivity contribution >= 4 is 22.6 Å². The van der Waals surface area contributed by atoms with E-state index < -0.39 is 17.3 Å². The molecule has 1 saturated carbocycles. The number of aryl methyl sites for hydroxylation is 1. The number of carbonyl (C=O) groups excluding carboxylic acids is 1. The summed E-state index contributed by atoms with van der Waals surface area (Å²) in [5.74, 6) is 1.67. The maximum Gasteiger partial charge on any atom is 0.263 e. The van der Waals surface area contributed by atoms with Crippen LogP contribution in [0.15, 0.2) is 42.5 Å². The predicted molar refractivity (Wildman–Crippen MR) is 163 cm³/mol. The van der Waals surface area contributed by atoms with Gasteiger partial charge in [0.25, 0.3) is 5.91 Å². The second-order valence-corrected chi connectivity index (χ2v) is 13.8. The Morgan fingerprint density at radius 2 is 1.85 bits per heavy atom. The van der Waals surface area contributed by atoms with Crippen molar-refractivity contribution in [3.63, 3.8) is 0 Å². The molecule has 0 radical (unpaired) electrons. The number of benzene rings is 2. The fourth-order valence-corrected chi connectivity index (χ4v) is 8.24. The Kier molecular flexibility index (Phi) is 9.72. The van der Waals surface area contributed by atoms with Crippen LogP contribution >= 0.6 is 0 Å². The first-order valence-corrected chi connectivity index (χ1v) is 16.7. The van der Waals surface area contributed by atoms with Gasteiger partial charge in [0, 0.05) is 36.2 Å². The molecule has 7 nitrogen and oxygen atoms in total. The molecule has 3 N–H and O–H groups in total. The summed E-state index contributed by atoms with van der Waals surface area (Å²) in [7, 11) is -1.51. The van der Waals surface area contributed by atoms with E-state index in [4.69, 9.17) is 4.74 Å². The smallest absolute Gasteiger partial charge is 0.263 e. The van der Waals surface area contributed by atoms with Crippen molar-refractivity contribution in [1.82, 2.24) is 4.72 Å². The molecule has 1 fully saturated rings. The third-order valence-electron chi connectivity index (χ3n) is 9.87. The lowest BCUT2D eigenvalue weighted by Gasteiger charge is -2.45. The molecule has 0 spiro atoms. The summed E-state index contributed by atoms with van der Waals surface area (Å²) >= 11 is 0. The summed E-state index contributed by atoms with van der Waals surface area (Å²) in [6.45, 7) is 8.44. The van der Waals surface area contributed by atoms with Gasteiger partial charge >= 0.3 is 0 Å². The van der Waals surface area contributed by atoms with Crippen LogP contribution in [0.3, 0.4) is 0 Å². The Hall–Kier alpha value is -2.42. The highest BCUT2D eigenvalue weighted by Crippen LogP contribution is 2.46. The molecule has 41 heavy (non-hydrogen) atoms. The van der Waals surface area contributed by atoms with E-state index in [0.717, 1.165) is 63.1 Å². The molecule has 2 aromatic rings. The Labute approximate surface area is 247 Å². The van der Waals surface area contributed by atoms with Crippen molar-refractivity contribution < 1.29 is 24.0 Å². The standard InChI is InChI=1S/C33H46N2O5S/c1-4-7-23-8-5-6-9-27(23)26-18-35-17-25-11-14-28(25)29(33(37)38)13-10-21(2)22(3)20-41(39)34-32(36)24-12-15-31(40-19-26)30(35)16-24/h5-6,8-9,12,15-16,21-22,25-26,28-29,33,37-38H,4,7,10-11,13-14,17-20H2,1-3H3,(H,34,36)/t21?,22-,25?,26?,28?,29?,41?/m0/s1. The van der Waals surface area contributed by atoms with Crippen molar-refractivity contribution in [3.8, 4) is 5.75 Å². The summed E-state index contributed by atoms with van der Waals surface area (Å²) < 4.78 is 22.0. The van der Waals surface area contributed by atoms with Crippen LogP contribution < -0.4 is 14.4 Å². The van der Waals surface area contributed by atoms with Crippen LogP contribution in [0.2, 0.25) is 0 Å². The number of carbonyl (C=O) groups is 1. The molecule has 2 aliphatic heterocycles. The maximum atomic E-state index is 13.2. The van der Waals surface area contributed by atoms with Crippen molar-refractivity contribution in [1.29, 1.82) is 0 Å². The van der Waals surface area contributed by atoms with Crippen molar-refractivity contribution in [2.45, 2.75) is 71.5 Å². The minimum absolute atomic E-state index is 0.126. The van der Waals surface area contributed by atoms with E-state index in [1.165, 1.54) is 11.1 Å². The van der Waals surface area contributed by atoms with Crippen molar-refractivity contribution in [3.05, 3.63) is 59.2 Å². The predicted octanol–water partition coefficient (Wildman–Crippen LogP) is 5.03. The number of nitrogens with zero attached hydrogens (tertiary/aromatic N) is 1. The van der Waals surface area contributed by atoms with E-state index in [-0.39, 0.29) is 35.5 Å². The van der Waals surface area contributed by atoms with Gasteiger partial charge in [0.05, 0.1) is 12.3 Å². The fraction of sp³-hybridized carbons (Fsp3) is 0.606. The van der Waals surface area contributed by atoms with Gasteiger partial charge in [-0.3, -0.25) is 9.52 Å². The summed E-state index contributed by atoms with van der Waals surface area (Å²) in [6.07, 6.45) is 4.32. The van der Waals surface area contributed by atoms with Gasteiger partial charge in [-0.1, -0.05) is 51.5 Å². The lowest BCUT2D eigenvalue weighted by molar-refractivity contribution is -0.125. The summed E-state index contributed by atoms with van der Waals surface area (Å²) in [6, 6.07) is 14.1.